The van der Waals surface area contributed by atoms with Crippen molar-refractivity contribution in [3.63, 3.8) is 0 Å². The molecule has 0 aromatic heterocycles. The number of benzene rings is 2. The van der Waals surface area contributed by atoms with Crippen LogP contribution in [0.15, 0.2) is 51.8 Å². The SMILES string of the molecule is Cc1ccc(I)cc1NS(=O)(=O)c1ccc(Br)cc1. The van der Waals surface area contributed by atoms with Crippen molar-refractivity contribution in [1.82, 2.24) is 0 Å². The highest BCUT2D eigenvalue weighted by molar-refractivity contribution is 14.1. The van der Waals surface area contributed by atoms with Crippen LogP contribution in [0, 0.1) is 10.5 Å². The molecule has 0 bridgehead atoms. The van der Waals surface area contributed by atoms with Gasteiger partial charge in [0.15, 0.2) is 0 Å². The largest absolute Gasteiger partial charge is 0.279 e. The first-order chi connectivity index (χ1) is 8.88. The second-order valence-corrected chi connectivity index (χ2v) is 7.86. The van der Waals surface area contributed by atoms with Gasteiger partial charge in [0, 0.05) is 8.04 Å². The molecule has 0 atom stereocenters. The van der Waals surface area contributed by atoms with Crippen molar-refractivity contribution in [3.05, 3.63) is 56.1 Å². The van der Waals surface area contributed by atoms with Crippen molar-refractivity contribution in [3.8, 4) is 0 Å². The monoisotopic (exact) mass is 451 g/mol. The average molecular weight is 452 g/mol. The van der Waals surface area contributed by atoms with Gasteiger partial charge in [-0.15, -0.1) is 0 Å². The number of nitrogens with one attached hydrogen (secondary N) is 1. The maximum atomic E-state index is 12.2. The minimum atomic E-state index is -3.54. The minimum Gasteiger partial charge on any atom is -0.279 e. The predicted octanol–water partition coefficient (Wildman–Crippen LogP) is 4.16. The van der Waals surface area contributed by atoms with Gasteiger partial charge in [0.05, 0.1) is 10.6 Å². The van der Waals surface area contributed by atoms with Crippen molar-refractivity contribution in [2.24, 2.45) is 0 Å². The lowest BCUT2D eigenvalue weighted by Crippen LogP contribution is -2.13. The van der Waals surface area contributed by atoms with Crippen LogP contribution < -0.4 is 4.72 Å². The summed E-state index contributed by atoms with van der Waals surface area (Å²) in [5.74, 6) is 0. The van der Waals surface area contributed by atoms with Crippen LogP contribution >= 0.6 is 38.5 Å². The first-order valence-electron chi connectivity index (χ1n) is 5.43. The number of rotatable bonds is 3. The van der Waals surface area contributed by atoms with Gasteiger partial charge in [-0.25, -0.2) is 8.42 Å². The summed E-state index contributed by atoms with van der Waals surface area (Å²) in [7, 11) is -3.54. The second kappa shape index (κ2) is 5.80. The van der Waals surface area contributed by atoms with E-state index in [9.17, 15) is 8.42 Å². The van der Waals surface area contributed by atoms with Crippen LogP contribution in [0.3, 0.4) is 0 Å². The van der Waals surface area contributed by atoms with Gasteiger partial charge in [-0.05, 0) is 71.5 Å². The normalized spacial score (nSPS) is 11.3. The van der Waals surface area contributed by atoms with E-state index in [2.05, 4.69) is 43.2 Å². The summed E-state index contributed by atoms with van der Waals surface area (Å²) in [6, 6.07) is 12.2. The first-order valence-corrected chi connectivity index (χ1v) is 8.78. The lowest BCUT2D eigenvalue weighted by molar-refractivity contribution is 0.601. The van der Waals surface area contributed by atoms with Crippen molar-refractivity contribution in [2.45, 2.75) is 11.8 Å². The molecule has 0 amide bonds. The minimum absolute atomic E-state index is 0.244. The number of hydrogen-bond donors (Lipinski definition) is 1. The van der Waals surface area contributed by atoms with Crippen molar-refractivity contribution in [2.75, 3.05) is 4.72 Å². The molecule has 0 heterocycles. The Hall–Kier alpha value is -0.600. The van der Waals surface area contributed by atoms with Crippen molar-refractivity contribution < 1.29 is 8.42 Å². The molecule has 3 nitrogen and oxygen atoms in total. The summed E-state index contributed by atoms with van der Waals surface area (Å²) in [5.41, 5.74) is 1.50. The van der Waals surface area contributed by atoms with E-state index in [4.69, 9.17) is 0 Å². The molecule has 0 radical (unpaired) electrons. The Morgan fingerprint density at radius 3 is 2.37 bits per heavy atom. The van der Waals surface area contributed by atoms with E-state index in [1.165, 1.54) is 0 Å². The van der Waals surface area contributed by atoms with Gasteiger partial charge in [0.25, 0.3) is 10.0 Å². The molecule has 0 unspecified atom stereocenters. The van der Waals surface area contributed by atoms with Gasteiger partial charge in [0.1, 0.15) is 0 Å². The van der Waals surface area contributed by atoms with Gasteiger partial charge >= 0.3 is 0 Å². The van der Waals surface area contributed by atoms with Gasteiger partial charge in [0.2, 0.25) is 0 Å². The third kappa shape index (κ3) is 3.70. The third-order valence-electron chi connectivity index (χ3n) is 2.57. The Kier molecular flexibility index (Phi) is 4.52. The summed E-state index contributed by atoms with van der Waals surface area (Å²) in [5, 5.41) is 0. The summed E-state index contributed by atoms with van der Waals surface area (Å²) in [6.07, 6.45) is 0. The number of aryl methyl sites for hydroxylation is 1. The highest BCUT2D eigenvalue weighted by Gasteiger charge is 2.15. The fourth-order valence-corrected chi connectivity index (χ4v) is 3.40. The Morgan fingerprint density at radius 2 is 1.74 bits per heavy atom. The molecule has 0 spiro atoms. The zero-order valence-corrected chi connectivity index (χ0v) is 14.6. The zero-order valence-electron chi connectivity index (χ0n) is 10.0. The van der Waals surface area contributed by atoms with Gasteiger partial charge in [-0.2, -0.15) is 0 Å². The van der Waals surface area contributed by atoms with Gasteiger partial charge in [-0.1, -0.05) is 22.0 Å². The third-order valence-corrected chi connectivity index (χ3v) is 5.15. The van der Waals surface area contributed by atoms with Crippen LogP contribution in [-0.2, 0) is 10.0 Å². The van der Waals surface area contributed by atoms with Gasteiger partial charge in [-0.3, -0.25) is 4.72 Å². The van der Waals surface area contributed by atoms with Crippen molar-refractivity contribution >= 4 is 54.2 Å². The maximum absolute atomic E-state index is 12.2. The van der Waals surface area contributed by atoms with Crippen molar-refractivity contribution in [1.29, 1.82) is 0 Å². The molecular formula is C13H11BrINO2S. The van der Waals surface area contributed by atoms with Crippen LogP contribution in [-0.4, -0.2) is 8.42 Å². The molecule has 19 heavy (non-hydrogen) atoms. The molecule has 0 fully saturated rings. The highest BCUT2D eigenvalue weighted by atomic mass is 127. The molecule has 0 aliphatic rings. The molecule has 2 aromatic carbocycles. The lowest BCUT2D eigenvalue weighted by atomic mass is 10.2. The number of anilines is 1. The van der Waals surface area contributed by atoms with E-state index < -0.39 is 10.0 Å². The molecule has 0 aliphatic carbocycles. The molecule has 2 aromatic rings. The van der Waals surface area contributed by atoms with Gasteiger partial charge < -0.3 is 0 Å². The fraction of sp³-hybridized carbons (Fsp3) is 0.0769. The summed E-state index contributed by atoms with van der Waals surface area (Å²) >= 11 is 5.44. The second-order valence-electron chi connectivity index (χ2n) is 4.02. The molecule has 2 rings (SSSR count). The Labute approximate surface area is 134 Å². The Balaban J connectivity index is 2.36. The number of hydrogen-bond acceptors (Lipinski definition) is 2. The number of sulfonamides is 1. The molecule has 6 heteroatoms. The zero-order chi connectivity index (χ0) is 14.0. The van der Waals surface area contributed by atoms with Crippen LogP contribution in [0.4, 0.5) is 5.69 Å². The Morgan fingerprint density at radius 1 is 1.11 bits per heavy atom. The molecule has 100 valence electrons. The van der Waals surface area contributed by atoms with E-state index in [0.717, 1.165) is 13.6 Å². The van der Waals surface area contributed by atoms with E-state index in [0.29, 0.717) is 5.69 Å². The highest BCUT2D eigenvalue weighted by Crippen LogP contribution is 2.22. The van der Waals surface area contributed by atoms with Crippen LogP contribution in [0.1, 0.15) is 5.56 Å². The molecular weight excluding hydrogens is 441 g/mol. The summed E-state index contributed by atoms with van der Waals surface area (Å²) in [4.78, 5) is 0.244. The topological polar surface area (TPSA) is 46.2 Å². The van der Waals surface area contributed by atoms with E-state index >= 15 is 0 Å². The van der Waals surface area contributed by atoms with Crippen LogP contribution in [0.25, 0.3) is 0 Å². The van der Waals surface area contributed by atoms with E-state index in [-0.39, 0.29) is 4.90 Å². The molecule has 0 aliphatic heterocycles. The quantitative estimate of drug-likeness (QED) is 0.712. The maximum Gasteiger partial charge on any atom is 0.261 e. The molecule has 1 N–H and O–H groups in total. The predicted molar refractivity (Wildman–Crippen MR) is 88.8 cm³/mol. The summed E-state index contributed by atoms with van der Waals surface area (Å²) < 4.78 is 28.9. The average Bonchev–Trinajstić information content (AvgIpc) is 2.34. The first kappa shape index (κ1) is 14.8. The van der Waals surface area contributed by atoms with E-state index in [1.807, 2.05) is 25.1 Å². The Bertz CT molecular complexity index is 699. The molecule has 0 saturated carbocycles. The van der Waals surface area contributed by atoms with E-state index in [1.54, 1.807) is 24.3 Å². The number of halogens is 2. The van der Waals surface area contributed by atoms with Crippen LogP contribution in [0.5, 0.6) is 0 Å². The summed E-state index contributed by atoms with van der Waals surface area (Å²) in [6.45, 7) is 1.87. The standard InChI is InChI=1S/C13H11BrINO2S/c1-9-2-5-11(15)8-13(9)16-19(17,18)12-6-3-10(14)4-7-12/h2-8,16H,1H3. The fourth-order valence-electron chi connectivity index (χ4n) is 1.52. The smallest absolute Gasteiger partial charge is 0.261 e. The molecule has 0 saturated heterocycles. The lowest BCUT2D eigenvalue weighted by Gasteiger charge is -2.11. The van der Waals surface area contributed by atoms with Crippen LogP contribution in [0.2, 0.25) is 0 Å².